The van der Waals surface area contributed by atoms with Gasteiger partial charge in [-0.25, -0.2) is 0 Å². The van der Waals surface area contributed by atoms with Crippen LogP contribution in [-0.4, -0.2) is 39.8 Å². The number of rotatable bonds is 6. The highest BCUT2D eigenvalue weighted by molar-refractivity contribution is 5.77. The number of ether oxygens (including phenoxy) is 2. The highest BCUT2D eigenvalue weighted by Crippen LogP contribution is 2.31. The van der Waals surface area contributed by atoms with E-state index in [1.165, 1.54) is 4.90 Å². The SMILES string of the molecule is C#CCNC(=O)C[NH+]1CCC[C@H]1c1cc(OC)ccc1OC. The zero-order valence-electron chi connectivity index (χ0n) is 13.1. The van der Waals surface area contributed by atoms with E-state index in [1.807, 2.05) is 18.2 Å². The summed E-state index contributed by atoms with van der Waals surface area (Å²) in [5.41, 5.74) is 1.10. The molecule has 118 valence electrons. The molecule has 1 aromatic carbocycles. The summed E-state index contributed by atoms with van der Waals surface area (Å²) in [6, 6.07) is 6.05. The van der Waals surface area contributed by atoms with Crippen LogP contribution in [-0.2, 0) is 4.79 Å². The first-order valence-electron chi connectivity index (χ1n) is 7.46. The van der Waals surface area contributed by atoms with Gasteiger partial charge in [-0.05, 0) is 18.2 Å². The number of carbonyl (C=O) groups is 1. The van der Waals surface area contributed by atoms with Crippen LogP contribution in [0.25, 0.3) is 0 Å². The van der Waals surface area contributed by atoms with Gasteiger partial charge in [-0.1, -0.05) is 5.92 Å². The van der Waals surface area contributed by atoms with Crippen LogP contribution in [0.3, 0.4) is 0 Å². The molecule has 1 saturated heterocycles. The predicted octanol–water partition coefficient (Wildman–Crippen LogP) is 0.173. The van der Waals surface area contributed by atoms with E-state index in [4.69, 9.17) is 15.9 Å². The van der Waals surface area contributed by atoms with Crippen LogP contribution in [0.2, 0.25) is 0 Å². The zero-order chi connectivity index (χ0) is 15.9. The lowest BCUT2D eigenvalue weighted by molar-refractivity contribution is -0.910. The number of carbonyl (C=O) groups excluding carboxylic acids is 1. The number of likely N-dealkylation sites (tertiary alicyclic amines) is 1. The van der Waals surface area contributed by atoms with Gasteiger partial charge < -0.3 is 19.7 Å². The number of quaternary nitrogens is 1. The average Bonchev–Trinajstić information content (AvgIpc) is 3.00. The van der Waals surface area contributed by atoms with E-state index in [1.54, 1.807) is 14.2 Å². The lowest BCUT2D eigenvalue weighted by Crippen LogP contribution is -3.11. The first kappa shape index (κ1) is 16.2. The fourth-order valence-corrected chi connectivity index (χ4v) is 3.03. The summed E-state index contributed by atoms with van der Waals surface area (Å²) in [5.74, 6) is 4.06. The number of terminal acetylenes is 1. The van der Waals surface area contributed by atoms with Gasteiger partial charge in [0.25, 0.3) is 5.91 Å². The summed E-state index contributed by atoms with van der Waals surface area (Å²) < 4.78 is 10.8. The standard InChI is InChI=1S/C17H22N2O3/c1-4-9-18-17(20)12-19-10-5-6-15(19)14-11-13(21-2)7-8-16(14)22-3/h1,7-8,11,15H,5-6,9-10,12H2,2-3H3,(H,18,20)/p+1/t15-/m0/s1. The minimum Gasteiger partial charge on any atom is -0.497 e. The number of nitrogens with one attached hydrogen (secondary N) is 2. The molecule has 2 N–H and O–H groups in total. The molecule has 0 aliphatic carbocycles. The molecule has 0 saturated carbocycles. The quantitative estimate of drug-likeness (QED) is 0.737. The second-order valence-corrected chi connectivity index (χ2v) is 5.37. The van der Waals surface area contributed by atoms with Crippen molar-refractivity contribution in [3.8, 4) is 23.8 Å². The Bertz CT molecular complexity index is 566. The average molecular weight is 303 g/mol. The number of hydrogen-bond donors (Lipinski definition) is 2. The molecule has 1 unspecified atom stereocenters. The van der Waals surface area contributed by atoms with Gasteiger partial charge in [0.05, 0.1) is 32.9 Å². The van der Waals surface area contributed by atoms with Crippen LogP contribution in [0.5, 0.6) is 11.5 Å². The Balaban J connectivity index is 2.16. The van der Waals surface area contributed by atoms with Crippen LogP contribution in [0.1, 0.15) is 24.4 Å². The van der Waals surface area contributed by atoms with Crippen molar-refractivity contribution in [3.63, 3.8) is 0 Å². The van der Waals surface area contributed by atoms with Gasteiger partial charge >= 0.3 is 0 Å². The molecular weight excluding hydrogens is 280 g/mol. The molecule has 0 bridgehead atoms. The van der Waals surface area contributed by atoms with E-state index in [9.17, 15) is 4.79 Å². The minimum absolute atomic E-state index is 0.0123. The molecule has 1 fully saturated rings. The third kappa shape index (κ3) is 3.71. The zero-order valence-corrected chi connectivity index (χ0v) is 13.1. The predicted molar refractivity (Wildman–Crippen MR) is 84.1 cm³/mol. The number of hydrogen-bond acceptors (Lipinski definition) is 3. The number of amides is 1. The Hall–Kier alpha value is -2.19. The summed E-state index contributed by atoms with van der Waals surface area (Å²) in [7, 11) is 3.32. The summed E-state index contributed by atoms with van der Waals surface area (Å²) >= 11 is 0. The van der Waals surface area contributed by atoms with Crippen LogP contribution in [0, 0.1) is 12.3 Å². The van der Waals surface area contributed by atoms with Crippen molar-refractivity contribution in [2.24, 2.45) is 0 Å². The topological polar surface area (TPSA) is 52.0 Å². The normalized spacial score (nSPS) is 20.2. The van der Waals surface area contributed by atoms with Crippen molar-refractivity contribution < 1.29 is 19.2 Å². The van der Waals surface area contributed by atoms with Crippen molar-refractivity contribution in [1.29, 1.82) is 0 Å². The van der Waals surface area contributed by atoms with Gasteiger partial charge in [-0.3, -0.25) is 4.79 Å². The van der Waals surface area contributed by atoms with Crippen LogP contribution in [0.4, 0.5) is 0 Å². The summed E-state index contributed by atoms with van der Waals surface area (Å²) in [4.78, 5) is 13.2. The third-order valence-electron chi connectivity index (χ3n) is 4.07. The van der Waals surface area contributed by atoms with Crippen molar-refractivity contribution >= 4 is 5.91 Å². The molecule has 1 heterocycles. The van der Waals surface area contributed by atoms with Crippen LogP contribution in [0.15, 0.2) is 18.2 Å². The first-order valence-corrected chi connectivity index (χ1v) is 7.46. The summed E-state index contributed by atoms with van der Waals surface area (Å²) in [6.45, 7) is 1.67. The minimum atomic E-state index is -0.0123. The third-order valence-corrected chi connectivity index (χ3v) is 4.07. The molecule has 2 rings (SSSR count). The summed E-state index contributed by atoms with van der Waals surface area (Å²) in [6.07, 6.45) is 7.29. The summed E-state index contributed by atoms with van der Waals surface area (Å²) in [5, 5.41) is 2.73. The van der Waals surface area contributed by atoms with E-state index in [0.717, 1.165) is 36.4 Å². The van der Waals surface area contributed by atoms with Gasteiger partial charge in [0, 0.05) is 12.8 Å². The largest absolute Gasteiger partial charge is 0.497 e. The number of benzene rings is 1. The highest BCUT2D eigenvalue weighted by atomic mass is 16.5. The molecular formula is C17H23N2O3+. The molecule has 1 amide bonds. The molecule has 0 aromatic heterocycles. The molecule has 5 heteroatoms. The van der Waals surface area contributed by atoms with Crippen molar-refractivity contribution in [2.75, 3.05) is 33.9 Å². The lowest BCUT2D eigenvalue weighted by Gasteiger charge is -2.23. The maximum atomic E-state index is 11.9. The Morgan fingerprint density at radius 3 is 2.95 bits per heavy atom. The van der Waals surface area contributed by atoms with Gasteiger partial charge in [0.2, 0.25) is 0 Å². The fraction of sp³-hybridized carbons (Fsp3) is 0.471. The molecule has 1 aromatic rings. The van der Waals surface area contributed by atoms with Gasteiger partial charge in [0.15, 0.2) is 6.54 Å². The maximum Gasteiger partial charge on any atom is 0.275 e. The number of methoxy groups -OCH3 is 2. The van der Waals surface area contributed by atoms with E-state index in [2.05, 4.69) is 11.2 Å². The highest BCUT2D eigenvalue weighted by Gasteiger charge is 2.33. The van der Waals surface area contributed by atoms with Gasteiger partial charge in [-0.15, -0.1) is 6.42 Å². The Labute approximate surface area is 131 Å². The first-order chi connectivity index (χ1) is 10.7. The molecule has 0 spiro atoms. The molecule has 0 radical (unpaired) electrons. The lowest BCUT2D eigenvalue weighted by atomic mass is 10.0. The Morgan fingerprint density at radius 2 is 2.27 bits per heavy atom. The smallest absolute Gasteiger partial charge is 0.275 e. The fourth-order valence-electron chi connectivity index (χ4n) is 3.03. The molecule has 2 atom stereocenters. The Kier molecular flexibility index (Phi) is 5.68. The van der Waals surface area contributed by atoms with Crippen molar-refractivity contribution in [1.82, 2.24) is 5.32 Å². The molecule has 22 heavy (non-hydrogen) atoms. The van der Waals surface area contributed by atoms with E-state index < -0.39 is 0 Å². The second kappa shape index (κ2) is 7.71. The van der Waals surface area contributed by atoms with Gasteiger partial charge in [-0.2, -0.15) is 0 Å². The maximum absolute atomic E-state index is 11.9. The second-order valence-electron chi connectivity index (χ2n) is 5.37. The van der Waals surface area contributed by atoms with E-state index in [-0.39, 0.29) is 18.5 Å². The Morgan fingerprint density at radius 1 is 1.45 bits per heavy atom. The molecule has 5 nitrogen and oxygen atoms in total. The van der Waals surface area contributed by atoms with Crippen LogP contribution < -0.4 is 19.7 Å². The molecule has 1 aliphatic heterocycles. The van der Waals surface area contributed by atoms with Crippen molar-refractivity contribution in [2.45, 2.75) is 18.9 Å². The molecule has 1 aliphatic rings. The van der Waals surface area contributed by atoms with Gasteiger partial charge in [0.1, 0.15) is 17.5 Å². The van der Waals surface area contributed by atoms with E-state index in [0.29, 0.717) is 6.54 Å². The van der Waals surface area contributed by atoms with Crippen molar-refractivity contribution in [3.05, 3.63) is 23.8 Å². The monoisotopic (exact) mass is 303 g/mol. The van der Waals surface area contributed by atoms with E-state index >= 15 is 0 Å². The van der Waals surface area contributed by atoms with Crippen LogP contribution >= 0.6 is 0 Å².